The predicted octanol–water partition coefficient (Wildman–Crippen LogP) is 5.01. The topological polar surface area (TPSA) is 40.9 Å². The Labute approximate surface area is 134 Å². The summed E-state index contributed by atoms with van der Waals surface area (Å²) in [5.74, 6) is -1.02. The number of nitriles is 1. The standard InChI is InChI=1S/C16H11Br2NO/c1-10-5-4-7-12(15(10)18)16(20)13(9-19)11-6-2-3-8-14(11)17/h2-8,13H,1H3. The fraction of sp³-hybridized carbons (Fsp3) is 0.125. The van der Waals surface area contributed by atoms with Crippen LogP contribution in [0.1, 0.15) is 27.4 Å². The summed E-state index contributed by atoms with van der Waals surface area (Å²) in [7, 11) is 0. The van der Waals surface area contributed by atoms with E-state index in [2.05, 4.69) is 37.9 Å². The van der Waals surface area contributed by atoms with Crippen molar-refractivity contribution in [1.82, 2.24) is 0 Å². The van der Waals surface area contributed by atoms with Gasteiger partial charge in [0, 0.05) is 14.5 Å². The van der Waals surface area contributed by atoms with Crippen LogP contribution >= 0.6 is 31.9 Å². The fourth-order valence-corrected chi connectivity index (χ4v) is 2.95. The highest BCUT2D eigenvalue weighted by Gasteiger charge is 2.25. The lowest BCUT2D eigenvalue weighted by atomic mass is 9.91. The van der Waals surface area contributed by atoms with Crippen molar-refractivity contribution in [2.45, 2.75) is 12.8 Å². The first-order chi connectivity index (χ1) is 9.56. The molecule has 0 heterocycles. The van der Waals surface area contributed by atoms with E-state index in [0.717, 1.165) is 14.5 Å². The smallest absolute Gasteiger partial charge is 0.185 e. The van der Waals surface area contributed by atoms with Gasteiger partial charge in [-0.05, 0) is 40.0 Å². The summed E-state index contributed by atoms with van der Waals surface area (Å²) in [6.45, 7) is 1.92. The van der Waals surface area contributed by atoms with Gasteiger partial charge in [0.2, 0.25) is 0 Å². The molecule has 0 saturated carbocycles. The van der Waals surface area contributed by atoms with Crippen LogP contribution in [-0.2, 0) is 0 Å². The molecule has 0 fully saturated rings. The maximum absolute atomic E-state index is 12.6. The lowest BCUT2D eigenvalue weighted by molar-refractivity contribution is 0.0978. The van der Waals surface area contributed by atoms with E-state index in [1.807, 2.05) is 37.3 Å². The molecule has 0 saturated heterocycles. The van der Waals surface area contributed by atoms with Crippen molar-refractivity contribution in [2.24, 2.45) is 0 Å². The van der Waals surface area contributed by atoms with Gasteiger partial charge in [-0.1, -0.05) is 52.3 Å². The largest absolute Gasteiger partial charge is 0.292 e. The zero-order chi connectivity index (χ0) is 14.7. The molecule has 1 unspecified atom stereocenters. The second-order valence-electron chi connectivity index (χ2n) is 4.38. The van der Waals surface area contributed by atoms with Crippen molar-refractivity contribution in [2.75, 3.05) is 0 Å². The highest BCUT2D eigenvalue weighted by Crippen LogP contribution is 2.30. The highest BCUT2D eigenvalue weighted by molar-refractivity contribution is 9.10. The van der Waals surface area contributed by atoms with Crippen molar-refractivity contribution in [1.29, 1.82) is 5.26 Å². The third kappa shape index (κ3) is 2.84. The van der Waals surface area contributed by atoms with E-state index in [1.165, 1.54) is 0 Å². The molecule has 2 aromatic rings. The summed E-state index contributed by atoms with van der Waals surface area (Å²) in [6.07, 6.45) is 0. The minimum Gasteiger partial charge on any atom is -0.292 e. The van der Waals surface area contributed by atoms with E-state index in [9.17, 15) is 10.1 Å². The van der Waals surface area contributed by atoms with Crippen LogP contribution in [0.15, 0.2) is 51.4 Å². The van der Waals surface area contributed by atoms with E-state index < -0.39 is 5.92 Å². The molecule has 0 aliphatic carbocycles. The number of halogens is 2. The quantitative estimate of drug-likeness (QED) is 0.688. The molecule has 0 radical (unpaired) electrons. The summed E-state index contributed by atoms with van der Waals surface area (Å²) in [6, 6.07) is 14.9. The lowest BCUT2D eigenvalue weighted by Gasteiger charge is -2.12. The van der Waals surface area contributed by atoms with Crippen molar-refractivity contribution >= 4 is 37.6 Å². The van der Waals surface area contributed by atoms with Crippen LogP contribution in [0.25, 0.3) is 0 Å². The molecule has 0 aliphatic rings. The molecule has 0 aliphatic heterocycles. The molecule has 2 aromatic carbocycles. The fourth-order valence-electron chi connectivity index (χ4n) is 1.97. The number of hydrogen-bond acceptors (Lipinski definition) is 2. The van der Waals surface area contributed by atoms with Gasteiger partial charge in [-0.15, -0.1) is 0 Å². The summed E-state index contributed by atoms with van der Waals surface area (Å²) in [5, 5.41) is 9.39. The molecule has 1 atom stereocenters. The number of carbonyl (C=O) groups excluding carboxylic acids is 1. The first-order valence-electron chi connectivity index (χ1n) is 5.99. The van der Waals surface area contributed by atoms with Crippen LogP contribution in [0.3, 0.4) is 0 Å². The van der Waals surface area contributed by atoms with Gasteiger partial charge in [-0.25, -0.2) is 0 Å². The molecule has 0 bridgehead atoms. The number of benzene rings is 2. The Kier molecular flexibility index (Phi) is 4.74. The average Bonchev–Trinajstić information content (AvgIpc) is 2.44. The van der Waals surface area contributed by atoms with Crippen LogP contribution in [0.2, 0.25) is 0 Å². The van der Waals surface area contributed by atoms with Crippen molar-refractivity contribution in [3.05, 3.63) is 68.1 Å². The average molecular weight is 393 g/mol. The van der Waals surface area contributed by atoms with Gasteiger partial charge in [0.1, 0.15) is 5.92 Å². The minimum absolute atomic E-state index is 0.199. The summed E-state index contributed by atoms with van der Waals surface area (Å²) < 4.78 is 1.51. The molecular formula is C16H11Br2NO. The van der Waals surface area contributed by atoms with Crippen LogP contribution in [0.5, 0.6) is 0 Å². The Hall–Kier alpha value is -1.44. The van der Waals surface area contributed by atoms with Gasteiger partial charge in [0.15, 0.2) is 5.78 Å². The number of Topliss-reactive ketones (excluding diaryl/α,β-unsaturated/α-hetero) is 1. The third-order valence-corrected chi connectivity index (χ3v) is 4.84. The maximum atomic E-state index is 12.6. The predicted molar refractivity (Wildman–Crippen MR) is 85.7 cm³/mol. The molecule has 0 spiro atoms. The molecule has 20 heavy (non-hydrogen) atoms. The Morgan fingerprint density at radius 2 is 1.85 bits per heavy atom. The Bertz CT molecular complexity index is 704. The van der Waals surface area contributed by atoms with Gasteiger partial charge in [-0.3, -0.25) is 4.79 Å². The van der Waals surface area contributed by atoms with Gasteiger partial charge < -0.3 is 0 Å². The van der Waals surface area contributed by atoms with E-state index >= 15 is 0 Å². The Balaban J connectivity index is 2.49. The number of nitrogens with zero attached hydrogens (tertiary/aromatic N) is 1. The van der Waals surface area contributed by atoms with Crippen LogP contribution < -0.4 is 0 Å². The van der Waals surface area contributed by atoms with E-state index in [4.69, 9.17) is 0 Å². The number of hydrogen-bond donors (Lipinski definition) is 0. The lowest BCUT2D eigenvalue weighted by Crippen LogP contribution is -2.12. The summed E-state index contributed by atoms with van der Waals surface area (Å²) in [5.41, 5.74) is 2.19. The Morgan fingerprint density at radius 1 is 1.15 bits per heavy atom. The molecule has 100 valence electrons. The molecule has 2 nitrogen and oxygen atoms in total. The minimum atomic E-state index is -0.816. The summed E-state index contributed by atoms with van der Waals surface area (Å²) in [4.78, 5) is 12.6. The van der Waals surface area contributed by atoms with Crippen LogP contribution in [0.4, 0.5) is 0 Å². The Morgan fingerprint density at radius 3 is 2.50 bits per heavy atom. The van der Waals surface area contributed by atoms with E-state index in [0.29, 0.717) is 11.1 Å². The molecule has 0 N–H and O–H groups in total. The summed E-state index contributed by atoms with van der Waals surface area (Å²) >= 11 is 6.82. The molecule has 0 aromatic heterocycles. The number of carbonyl (C=O) groups is 1. The second kappa shape index (κ2) is 6.34. The maximum Gasteiger partial charge on any atom is 0.185 e. The zero-order valence-electron chi connectivity index (χ0n) is 10.7. The molecular weight excluding hydrogens is 382 g/mol. The number of ketones is 1. The van der Waals surface area contributed by atoms with Gasteiger partial charge in [0.25, 0.3) is 0 Å². The zero-order valence-corrected chi connectivity index (χ0v) is 13.9. The van der Waals surface area contributed by atoms with Gasteiger partial charge in [-0.2, -0.15) is 5.26 Å². The molecule has 0 amide bonds. The SMILES string of the molecule is Cc1cccc(C(=O)C(C#N)c2ccccc2Br)c1Br. The second-order valence-corrected chi connectivity index (χ2v) is 6.03. The first kappa shape index (κ1) is 15.0. The molecule has 4 heteroatoms. The highest BCUT2D eigenvalue weighted by atomic mass is 79.9. The van der Waals surface area contributed by atoms with Crippen molar-refractivity contribution in [3.63, 3.8) is 0 Å². The van der Waals surface area contributed by atoms with E-state index in [-0.39, 0.29) is 5.78 Å². The first-order valence-corrected chi connectivity index (χ1v) is 7.58. The van der Waals surface area contributed by atoms with E-state index in [1.54, 1.807) is 12.1 Å². The number of aryl methyl sites for hydroxylation is 1. The monoisotopic (exact) mass is 391 g/mol. The molecule has 2 rings (SSSR count). The van der Waals surface area contributed by atoms with Crippen LogP contribution in [0, 0.1) is 18.3 Å². The van der Waals surface area contributed by atoms with Gasteiger partial charge >= 0.3 is 0 Å². The normalized spacial score (nSPS) is 11.7. The number of rotatable bonds is 3. The van der Waals surface area contributed by atoms with Crippen molar-refractivity contribution in [3.8, 4) is 6.07 Å². The van der Waals surface area contributed by atoms with Gasteiger partial charge in [0.05, 0.1) is 6.07 Å². The van der Waals surface area contributed by atoms with Crippen molar-refractivity contribution < 1.29 is 4.79 Å². The third-order valence-electron chi connectivity index (χ3n) is 3.06. The van der Waals surface area contributed by atoms with Crippen LogP contribution in [-0.4, -0.2) is 5.78 Å².